The van der Waals surface area contributed by atoms with Crippen LogP contribution in [0.1, 0.15) is 32.6 Å². The monoisotopic (exact) mass is 319 g/mol. The lowest BCUT2D eigenvalue weighted by atomic mass is 9.98. The summed E-state index contributed by atoms with van der Waals surface area (Å²) in [7, 11) is -3.30. The third-order valence-corrected chi connectivity index (χ3v) is 6.07. The molecule has 0 atom stereocenters. The number of piperidine rings is 1. The molecular weight excluding hydrogens is 290 g/mol. The molecule has 6 nitrogen and oxygen atoms in total. The van der Waals surface area contributed by atoms with Gasteiger partial charge >= 0.3 is 0 Å². The van der Waals surface area contributed by atoms with Crippen molar-refractivity contribution in [3.8, 4) is 0 Å². The Bertz CT molecular complexity index is 388. The third kappa shape index (κ3) is 5.49. The summed E-state index contributed by atoms with van der Waals surface area (Å²) in [5.41, 5.74) is 0. The van der Waals surface area contributed by atoms with E-state index in [1.54, 1.807) is 4.31 Å². The fourth-order valence-corrected chi connectivity index (χ4v) is 4.29. The first kappa shape index (κ1) is 17.1. The molecule has 7 heteroatoms. The highest BCUT2D eigenvalue weighted by atomic mass is 32.2. The van der Waals surface area contributed by atoms with Gasteiger partial charge in [-0.1, -0.05) is 6.92 Å². The van der Waals surface area contributed by atoms with Crippen molar-refractivity contribution in [2.75, 3.05) is 45.9 Å². The summed E-state index contributed by atoms with van der Waals surface area (Å²) in [5.74, 6) is 1.02. The highest BCUT2D eigenvalue weighted by Gasteiger charge is 2.28. The lowest BCUT2D eigenvalue weighted by Crippen LogP contribution is -2.47. The van der Waals surface area contributed by atoms with Crippen LogP contribution in [-0.4, -0.2) is 58.7 Å². The van der Waals surface area contributed by atoms with Gasteiger partial charge in [0.15, 0.2) is 0 Å². The van der Waals surface area contributed by atoms with Crippen molar-refractivity contribution in [2.24, 2.45) is 11.8 Å². The molecule has 0 spiro atoms. The van der Waals surface area contributed by atoms with Gasteiger partial charge in [-0.25, -0.2) is 4.72 Å². The molecule has 2 heterocycles. The van der Waals surface area contributed by atoms with E-state index >= 15 is 0 Å². The van der Waals surface area contributed by atoms with Gasteiger partial charge in [-0.3, -0.25) is 0 Å². The van der Waals surface area contributed by atoms with Crippen LogP contribution in [0.5, 0.6) is 0 Å². The molecule has 2 N–H and O–H groups in total. The number of ether oxygens (including phenoxy) is 1. The van der Waals surface area contributed by atoms with Crippen molar-refractivity contribution >= 4 is 10.2 Å². The van der Waals surface area contributed by atoms with Crippen LogP contribution in [-0.2, 0) is 14.9 Å². The zero-order valence-corrected chi connectivity index (χ0v) is 13.8. The summed E-state index contributed by atoms with van der Waals surface area (Å²) in [6.45, 7) is 7.40. The molecule has 124 valence electrons. The summed E-state index contributed by atoms with van der Waals surface area (Å²) < 4.78 is 34.3. The predicted octanol–water partition coefficient (Wildman–Crippen LogP) is 0.569. The van der Waals surface area contributed by atoms with Crippen LogP contribution < -0.4 is 10.0 Å². The van der Waals surface area contributed by atoms with Crippen LogP contribution in [0.3, 0.4) is 0 Å². The fourth-order valence-electron chi connectivity index (χ4n) is 2.97. The van der Waals surface area contributed by atoms with E-state index in [9.17, 15) is 8.42 Å². The van der Waals surface area contributed by atoms with Gasteiger partial charge in [0.05, 0.1) is 0 Å². The zero-order chi connectivity index (χ0) is 15.1. The second kappa shape index (κ2) is 8.43. The van der Waals surface area contributed by atoms with E-state index < -0.39 is 10.2 Å². The summed E-state index contributed by atoms with van der Waals surface area (Å²) in [5, 5.41) is 3.34. The van der Waals surface area contributed by atoms with Crippen LogP contribution >= 0.6 is 0 Å². The van der Waals surface area contributed by atoms with Gasteiger partial charge in [0, 0.05) is 32.8 Å². The van der Waals surface area contributed by atoms with E-state index in [2.05, 4.69) is 17.0 Å². The number of nitrogens with one attached hydrogen (secondary N) is 2. The maximum atomic E-state index is 12.3. The van der Waals surface area contributed by atoms with Gasteiger partial charge in [-0.2, -0.15) is 12.7 Å². The van der Waals surface area contributed by atoms with Crippen LogP contribution in [0.25, 0.3) is 0 Å². The maximum absolute atomic E-state index is 12.3. The van der Waals surface area contributed by atoms with Crippen molar-refractivity contribution in [3.05, 3.63) is 0 Å². The van der Waals surface area contributed by atoms with Crippen LogP contribution in [0.2, 0.25) is 0 Å². The first-order valence-electron chi connectivity index (χ1n) is 8.15. The Morgan fingerprint density at radius 1 is 1.05 bits per heavy atom. The standard InChI is InChI=1S/C14H29N3O3S/c1-2-15-11-13-3-7-17(8-4-13)21(18,19)16-12-14-5-9-20-10-6-14/h13-16H,2-12H2,1H3. The first-order chi connectivity index (χ1) is 10.1. The molecular formula is C14H29N3O3S. The summed E-state index contributed by atoms with van der Waals surface area (Å²) >= 11 is 0. The van der Waals surface area contributed by atoms with Crippen LogP contribution in [0.4, 0.5) is 0 Å². The summed E-state index contributed by atoms with van der Waals surface area (Å²) in [4.78, 5) is 0. The van der Waals surface area contributed by atoms with E-state index in [0.29, 0.717) is 31.5 Å². The van der Waals surface area contributed by atoms with Gasteiger partial charge in [0.1, 0.15) is 0 Å². The molecule has 0 aromatic rings. The van der Waals surface area contributed by atoms with Crippen molar-refractivity contribution in [1.29, 1.82) is 0 Å². The molecule has 0 aromatic carbocycles. The van der Waals surface area contributed by atoms with E-state index in [1.807, 2.05) is 0 Å². The molecule has 0 radical (unpaired) electrons. The highest BCUT2D eigenvalue weighted by molar-refractivity contribution is 7.87. The Kier molecular flexibility index (Phi) is 6.88. The van der Waals surface area contributed by atoms with Crippen molar-refractivity contribution in [2.45, 2.75) is 32.6 Å². The SMILES string of the molecule is CCNCC1CCN(S(=O)(=O)NCC2CCOCC2)CC1. The Labute approximate surface area is 128 Å². The Hall–Kier alpha value is -0.210. The molecule has 0 aromatic heterocycles. The molecule has 0 amide bonds. The normalized spacial score (nSPS) is 23.5. The van der Waals surface area contributed by atoms with Crippen LogP contribution in [0, 0.1) is 11.8 Å². The maximum Gasteiger partial charge on any atom is 0.279 e. The average molecular weight is 319 g/mol. The lowest BCUT2D eigenvalue weighted by Gasteiger charge is -2.32. The summed E-state index contributed by atoms with van der Waals surface area (Å²) in [6, 6.07) is 0. The Balaban J connectivity index is 1.72. The van der Waals surface area contributed by atoms with E-state index in [-0.39, 0.29) is 0 Å². The Morgan fingerprint density at radius 2 is 1.67 bits per heavy atom. The van der Waals surface area contributed by atoms with E-state index in [4.69, 9.17) is 4.74 Å². The van der Waals surface area contributed by atoms with Crippen molar-refractivity contribution < 1.29 is 13.2 Å². The van der Waals surface area contributed by atoms with Gasteiger partial charge < -0.3 is 10.1 Å². The van der Waals surface area contributed by atoms with Gasteiger partial charge in [0.25, 0.3) is 10.2 Å². The molecule has 2 aliphatic heterocycles. The smallest absolute Gasteiger partial charge is 0.279 e. The minimum atomic E-state index is -3.30. The van der Waals surface area contributed by atoms with E-state index in [0.717, 1.165) is 52.0 Å². The van der Waals surface area contributed by atoms with Gasteiger partial charge in [0.2, 0.25) is 0 Å². The third-order valence-electron chi connectivity index (χ3n) is 4.49. The zero-order valence-electron chi connectivity index (χ0n) is 13.0. The molecule has 0 unspecified atom stereocenters. The quantitative estimate of drug-likeness (QED) is 0.720. The van der Waals surface area contributed by atoms with E-state index in [1.165, 1.54) is 0 Å². The second-order valence-electron chi connectivity index (χ2n) is 6.06. The minimum Gasteiger partial charge on any atom is -0.381 e. The largest absolute Gasteiger partial charge is 0.381 e. The van der Waals surface area contributed by atoms with Crippen molar-refractivity contribution in [1.82, 2.24) is 14.3 Å². The molecule has 2 rings (SSSR count). The van der Waals surface area contributed by atoms with Gasteiger partial charge in [-0.15, -0.1) is 0 Å². The van der Waals surface area contributed by atoms with Crippen molar-refractivity contribution in [3.63, 3.8) is 0 Å². The topological polar surface area (TPSA) is 70.7 Å². The van der Waals surface area contributed by atoms with Crippen LogP contribution in [0.15, 0.2) is 0 Å². The molecule has 0 bridgehead atoms. The minimum absolute atomic E-state index is 0.416. The molecule has 2 aliphatic rings. The molecule has 2 saturated heterocycles. The molecule has 0 saturated carbocycles. The lowest BCUT2D eigenvalue weighted by molar-refractivity contribution is 0.0676. The average Bonchev–Trinajstić information content (AvgIpc) is 2.52. The predicted molar refractivity (Wildman–Crippen MR) is 83.3 cm³/mol. The second-order valence-corrected chi connectivity index (χ2v) is 7.81. The summed E-state index contributed by atoms with van der Waals surface area (Å²) in [6.07, 6.45) is 3.80. The number of nitrogens with zero attached hydrogens (tertiary/aromatic N) is 1. The molecule has 0 aliphatic carbocycles. The molecule has 21 heavy (non-hydrogen) atoms. The number of rotatable bonds is 7. The molecule has 2 fully saturated rings. The highest BCUT2D eigenvalue weighted by Crippen LogP contribution is 2.19. The number of hydrogen-bond donors (Lipinski definition) is 2. The van der Waals surface area contributed by atoms with Gasteiger partial charge in [-0.05, 0) is 50.6 Å². The first-order valence-corrected chi connectivity index (χ1v) is 9.59. The fraction of sp³-hybridized carbons (Fsp3) is 1.00. The number of hydrogen-bond acceptors (Lipinski definition) is 4. The Morgan fingerprint density at radius 3 is 2.29 bits per heavy atom.